The summed E-state index contributed by atoms with van der Waals surface area (Å²) in [5.74, 6) is 0.281. The summed E-state index contributed by atoms with van der Waals surface area (Å²) in [5, 5.41) is 13.5. The van der Waals surface area contributed by atoms with Crippen LogP contribution in [0.3, 0.4) is 0 Å². The Morgan fingerprint density at radius 1 is 1.10 bits per heavy atom. The van der Waals surface area contributed by atoms with E-state index in [0.29, 0.717) is 13.2 Å². The van der Waals surface area contributed by atoms with E-state index in [-0.39, 0.29) is 12.4 Å². The Kier molecular flexibility index (Phi) is 8.84. The van der Waals surface area contributed by atoms with Gasteiger partial charge < -0.3 is 15.2 Å². The maximum Gasteiger partial charge on any atom is 0.264 e. The van der Waals surface area contributed by atoms with E-state index >= 15 is 0 Å². The van der Waals surface area contributed by atoms with E-state index in [4.69, 9.17) is 4.74 Å². The average Bonchev–Trinajstić information content (AvgIpc) is 3.11. The fourth-order valence-electron chi connectivity index (χ4n) is 2.31. The third-order valence-electron chi connectivity index (χ3n) is 3.67. The lowest BCUT2D eigenvalue weighted by atomic mass is 10.2. The molecule has 0 spiro atoms. The zero-order valence-corrected chi connectivity index (χ0v) is 18.3. The van der Waals surface area contributed by atoms with Crippen LogP contribution in [-0.4, -0.2) is 51.6 Å². The highest BCUT2D eigenvalue weighted by molar-refractivity contribution is 7.85. The molecule has 0 saturated carbocycles. The van der Waals surface area contributed by atoms with Gasteiger partial charge in [0, 0.05) is 24.9 Å². The van der Waals surface area contributed by atoms with Crippen LogP contribution in [0.15, 0.2) is 42.5 Å². The van der Waals surface area contributed by atoms with Crippen molar-refractivity contribution < 1.29 is 22.4 Å². The third kappa shape index (κ3) is 7.98. The molecule has 2 N–H and O–H groups in total. The summed E-state index contributed by atoms with van der Waals surface area (Å²) >= 11 is 1.59. The number of benzene rings is 2. The van der Waals surface area contributed by atoms with Crippen LogP contribution < -0.4 is 5.32 Å². The number of aromatic hydroxyl groups is 1. The molecule has 0 unspecified atom stereocenters. The first kappa shape index (κ1) is 23.1. The number of phenols is 1. The molecular formula is C20H26N2O5S2. The molecule has 3 aromatic rings. The van der Waals surface area contributed by atoms with Crippen molar-refractivity contribution in [3.8, 4) is 16.3 Å². The number of phenolic OH excluding ortho intramolecular Hbond substituents is 1. The van der Waals surface area contributed by atoms with Gasteiger partial charge in [0.1, 0.15) is 10.8 Å². The Morgan fingerprint density at radius 2 is 1.83 bits per heavy atom. The maximum atomic E-state index is 10.4. The highest BCUT2D eigenvalue weighted by Crippen LogP contribution is 2.32. The largest absolute Gasteiger partial charge is 0.508 e. The second kappa shape index (κ2) is 11.1. The number of hydrogen-bond acceptors (Lipinski definition) is 8. The molecule has 1 aromatic heterocycles. The van der Waals surface area contributed by atoms with Gasteiger partial charge in [-0.15, -0.1) is 11.3 Å². The van der Waals surface area contributed by atoms with Gasteiger partial charge in [0.15, 0.2) is 0 Å². The fraction of sp³-hybridized carbons (Fsp3) is 0.350. The van der Waals surface area contributed by atoms with E-state index in [1.54, 1.807) is 23.5 Å². The number of ether oxygens (including phenoxy) is 1. The van der Waals surface area contributed by atoms with Crippen molar-refractivity contribution in [1.29, 1.82) is 0 Å². The topological polar surface area (TPSA) is 97.8 Å². The molecule has 0 aliphatic carbocycles. The van der Waals surface area contributed by atoms with E-state index in [1.165, 1.54) is 0 Å². The highest BCUT2D eigenvalue weighted by Gasteiger charge is 2.06. The molecular weight excluding hydrogens is 412 g/mol. The van der Waals surface area contributed by atoms with Gasteiger partial charge in [0.05, 0.1) is 29.7 Å². The van der Waals surface area contributed by atoms with E-state index in [9.17, 15) is 13.5 Å². The predicted molar refractivity (Wildman–Crippen MR) is 118 cm³/mol. The quantitative estimate of drug-likeness (QED) is 0.404. The van der Waals surface area contributed by atoms with Crippen molar-refractivity contribution in [1.82, 2.24) is 4.98 Å². The molecule has 29 heavy (non-hydrogen) atoms. The monoisotopic (exact) mass is 438 g/mol. The maximum absolute atomic E-state index is 10.4. The number of fused-ring (bicyclic) bond motifs is 1. The molecule has 0 amide bonds. The summed E-state index contributed by atoms with van der Waals surface area (Å²) in [6.07, 6.45) is 1.95. The van der Waals surface area contributed by atoms with Gasteiger partial charge in [0.25, 0.3) is 10.1 Å². The van der Waals surface area contributed by atoms with Crippen LogP contribution in [0.4, 0.5) is 5.69 Å². The molecule has 0 saturated heterocycles. The van der Waals surface area contributed by atoms with Crippen LogP contribution in [0.1, 0.15) is 13.3 Å². The van der Waals surface area contributed by atoms with E-state index in [0.717, 1.165) is 39.2 Å². The second-order valence-electron chi connectivity index (χ2n) is 6.14. The first-order valence-corrected chi connectivity index (χ1v) is 11.8. The number of rotatable bonds is 8. The van der Waals surface area contributed by atoms with Gasteiger partial charge in [-0.05, 0) is 48.9 Å². The van der Waals surface area contributed by atoms with Crippen molar-refractivity contribution in [2.24, 2.45) is 0 Å². The number of nitrogens with zero attached hydrogens (tertiary/aromatic N) is 1. The van der Waals surface area contributed by atoms with E-state index in [2.05, 4.69) is 14.5 Å². The van der Waals surface area contributed by atoms with Crippen LogP contribution in [0.25, 0.3) is 20.8 Å². The van der Waals surface area contributed by atoms with Crippen LogP contribution >= 0.6 is 11.3 Å². The Bertz CT molecular complexity index is 1000. The van der Waals surface area contributed by atoms with Gasteiger partial charge >= 0.3 is 0 Å². The van der Waals surface area contributed by atoms with Crippen molar-refractivity contribution in [3.63, 3.8) is 0 Å². The van der Waals surface area contributed by atoms with Crippen molar-refractivity contribution in [2.45, 2.75) is 13.3 Å². The number of anilines is 1. The summed E-state index contributed by atoms with van der Waals surface area (Å²) in [7, 11) is -1.39. The zero-order chi connectivity index (χ0) is 21.3. The molecule has 158 valence electrons. The van der Waals surface area contributed by atoms with Crippen molar-refractivity contribution in [3.05, 3.63) is 42.5 Å². The number of thiazole rings is 1. The Morgan fingerprint density at radius 3 is 2.45 bits per heavy atom. The van der Waals surface area contributed by atoms with Crippen LogP contribution in [0.5, 0.6) is 5.75 Å². The first-order chi connectivity index (χ1) is 13.8. The molecule has 0 fully saturated rings. The molecule has 2 aromatic carbocycles. The van der Waals surface area contributed by atoms with E-state index in [1.807, 2.05) is 44.3 Å². The third-order valence-corrected chi connectivity index (χ3v) is 5.33. The zero-order valence-electron chi connectivity index (χ0n) is 16.7. The van der Waals surface area contributed by atoms with Crippen LogP contribution in [0, 0.1) is 0 Å². The lowest BCUT2D eigenvalue weighted by Gasteiger charge is -2.01. The molecule has 3 rings (SSSR count). The van der Waals surface area contributed by atoms with Gasteiger partial charge in [-0.1, -0.05) is 6.92 Å². The Labute approximate surface area is 175 Å². The minimum atomic E-state index is -3.29. The van der Waals surface area contributed by atoms with Crippen molar-refractivity contribution >= 4 is 37.4 Å². The summed E-state index contributed by atoms with van der Waals surface area (Å²) in [4.78, 5) is 4.57. The van der Waals surface area contributed by atoms with Crippen LogP contribution in [-0.2, 0) is 19.0 Å². The minimum Gasteiger partial charge on any atom is -0.508 e. The van der Waals surface area contributed by atoms with Gasteiger partial charge in [-0.3, -0.25) is 4.18 Å². The summed E-state index contributed by atoms with van der Waals surface area (Å²) in [6.45, 7) is 3.07. The normalized spacial score (nSPS) is 11.1. The smallest absolute Gasteiger partial charge is 0.264 e. The molecule has 7 nitrogen and oxygen atoms in total. The van der Waals surface area contributed by atoms with Gasteiger partial charge in [-0.2, -0.15) is 8.42 Å². The predicted octanol–water partition coefficient (Wildman–Crippen LogP) is 4.10. The molecule has 0 radical (unpaired) electrons. The second-order valence-corrected chi connectivity index (χ2v) is 8.81. The summed E-state index contributed by atoms with van der Waals surface area (Å²) in [5.41, 5.74) is 3.10. The highest BCUT2D eigenvalue weighted by atomic mass is 32.2. The number of hydrogen-bond donors (Lipinski definition) is 2. The average molecular weight is 439 g/mol. The molecule has 0 aliphatic rings. The van der Waals surface area contributed by atoms with Crippen molar-refractivity contribution in [2.75, 3.05) is 38.4 Å². The lowest BCUT2D eigenvalue weighted by Crippen LogP contribution is -2.09. The van der Waals surface area contributed by atoms with Gasteiger partial charge in [0.2, 0.25) is 0 Å². The molecule has 0 bridgehead atoms. The minimum absolute atomic E-state index is 0.110. The summed E-state index contributed by atoms with van der Waals surface area (Å²) < 4.78 is 31.2. The van der Waals surface area contributed by atoms with Crippen LogP contribution in [0.2, 0.25) is 0 Å². The standard InChI is InChI=1S/C14H12N2OS.C6H14O4S/c1-15-10-4-2-9(3-5-10)14-16-12-7-6-11(17)8-13(12)18-14;1-3-4-9-5-6-10-11(2,7)8/h2-8,15,17H,1H3;3-6H2,1-2H3. The molecule has 9 heteroatoms. The SMILES string of the molecule is CCCOCCOS(C)(=O)=O.CNc1ccc(-c2nc3ccc(O)cc3s2)cc1. The lowest BCUT2D eigenvalue weighted by molar-refractivity contribution is 0.103. The van der Waals surface area contributed by atoms with E-state index < -0.39 is 10.1 Å². The Balaban J connectivity index is 0.000000237. The van der Waals surface area contributed by atoms with Gasteiger partial charge in [-0.25, -0.2) is 4.98 Å². The number of nitrogens with one attached hydrogen (secondary N) is 1. The first-order valence-electron chi connectivity index (χ1n) is 9.12. The molecule has 1 heterocycles. The molecule has 0 atom stereocenters. The Hall–Kier alpha value is -2.20. The number of aromatic nitrogens is 1. The summed E-state index contributed by atoms with van der Waals surface area (Å²) in [6, 6.07) is 13.4. The molecule has 0 aliphatic heterocycles. The fourth-order valence-corrected chi connectivity index (χ4v) is 3.68.